The molecule has 1 aliphatic rings. The minimum atomic E-state index is -0.750. The Bertz CT molecular complexity index is 333. The van der Waals surface area contributed by atoms with Crippen molar-refractivity contribution in [3.05, 3.63) is 0 Å². The number of aliphatic carboxylic acids is 1. The number of urea groups is 1. The second-order valence-electron chi connectivity index (χ2n) is 6.11. The van der Waals surface area contributed by atoms with Crippen LogP contribution in [0.15, 0.2) is 0 Å². The van der Waals surface area contributed by atoms with Gasteiger partial charge in [0.25, 0.3) is 0 Å². The third kappa shape index (κ3) is 6.82. The molecule has 0 saturated carbocycles. The van der Waals surface area contributed by atoms with E-state index in [2.05, 4.69) is 19.2 Å². The molecule has 21 heavy (non-hydrogen) atoms. The molecule has 1 rings (SSSR count). The van der Waals surface area contributed by atoms with Crippen LogP contribution < -0.4 is 5.32 Å². The van der Waals surface area contributed by atoms with Crippen molar-refractivity contribution < 1.29 is 14.7 Å². The van der Waals surface area contributed by atoms with Gasteiger partial charge < -0.3 is 15.3 Å². The molecule has 0 aromatic carbocycles. The lowest BCUT2D eigenvalue weighted by Crippen LogP contribution is -2.43. The number of unbranched alkanes of at least 4 members (excludes halogenated alkanes) is 1. The van der Waals surface area contributed by atoms with Gasteiger partial charge in [0, 0.05) is 25.6 Å². The van der Waals surface area contributed by atoms with Crippen molar-refractivity contribution in [2.24, 2.45) is 5.92 Å². The minimum absolute atomic E-state index is 0.0300. The Morgan fingerprint density at radius 2 is 2.05 bits per heavy atom. The Balaban J connectivity index is 2.35. The van der Waals surface area contributed by atoms with Crippen molar-refractivity contribution in [2.45, 2.75) is 71.3 Å². The highest BCUT2D eigenvalue weighted by Gasteiger charge is 2.27. The normalized spacial score (nSPS) is 19.5. The van der Waals surface area contributed by atoms with E-state index in [0.717, 1.165) is 45.1 Å². The zero-order chi connectivity index (χ0) is 15.7. The average Bonchev–Trinajstić information content (AvgIpc) is 2.91. The second kappa shape index (κ2) is 9.64. The molecule has 5 nitrogen and oxygen atoms in total. The highest BCUT2D eigenvalue weighted by molar-refractivity contribution is 5.74. The number of nitrogens with one attached hydrogen (secondary N) is 1. The first-order chi connectivity index (χ1) is 10.1. The first-order valence-electron chi connectivity index (χ1n) is 8.34. The molecule has 0 bridgehead atoms. The van der Waals surface area contributed by atoms with E-state index in [-0.39, 0.29) is 18.5 Å². The Kier molecular flexibility index (Phi) is 8.16. The fraction of sp³-hybridized carbons (Fsp3) is 0.875. The Labute approximate surface area is 128 Å². The summed E-state index contributed by atoms with van der Waals surface area (Å²) in [7, 11) is 0. The van der Waals surface area contributed by atoms with Crippen molar-refractivity contribution in [3.63, 3.8) is 0 Å². The van der Waals surface area contributed by atoms with Gasteiger partial charge in [0.15, 0.2) is 0 Å². The predicted molar refractivity (Wildman–Crippen MR) is 83.3 cm³/mol. The molecule has 5 heteroatoms. The summed E-state index contributed by atoms with van der Waals surface area (Å²) in [4.78, 5) is 24.7. The van der Waals surface area contributed by atoms with Crippen LogP contribution in [-0.4, -0.2) is 41.1 Å². The summed E-state index contributed by atoms with van der Waals surface area (Å²) >= 11 is 0. The average molecular weight is 298 g/mol. The van der Waals surface area contributed by atoms with E-state index in [9.17, 15) is 9.59 Å². The largest absolute Gasteiger partial charge is 0.481 e. The molecule has 1 saturated heterocycles. The molecule has 0 radical (unpaired) electrons. The van der Waals surface area contributed by atoms with Gasteiger partial charge in [-0.2, -0.15) is 0 Å². The van der Waals surface area contributed by atoms with Crippen LogP contribution in [0, 0.1) is 5.92 Å². The maximum atomic E-state index is 12.3. The highest BCUT2D eigenvalue weighted by Crippen LogP contribution is 2.21. The number of carboxylic acid groups (broad SMARTS) is 1. The molecule has 122 valence electrons. The van der Waals surface area contributed by atoms with Crippen LogP contribution >= 0.6 is 0 Å². The summed E-state index contributed by atoms with van der Waals surface area (Å²) < 4.78 is 0. The topological polar surface area (TPSA) is 69.6 Å². The molecule has 1 aliphatic heterocycles. The lowest BCUT2D eigenvalue weighted by atomic mass is 10.0. The Morgan fingerprint density at radius 3 is 2.67 bits per heavy atom. The molecule has 2 N–H and O–H groups in total. The van der Waals surface area contributed by atoms with Gasteiger partial charge in [-0.1, -0.05) is 33.1 Å². The van der Waals surface area contributed by atoms with Crippen molar-refractivity contribution in [2.75, 3.05) is 13.1 Å². The van der Waals surface area contributed by atoms with Crippen molar-refractivity contribution in [1.29, 1.82) is 0 Å². The van der Waals surface area contributed by atoms with E-state index in [4.69, 9.17) is 5.11 Å². The smallest absolute Gasteiger partial charge is 0.317 e. The molecule has 0 spiro atoms. The molecule has 0 aromatic heterocycles. The van der Waals surface area contributed by atoms with Gasteiger partial charge in [-0.25, -0.2) is 4.79 Å². The number of rotatable bonds is 9. The van der Waals surface area contributed by atoms with E-state index in [1.807, 2.05) is 4.90 Å². The lowest BCUT2D eigenvalue weighted by molar-refractivity contribution is -0.137. The van der Waals surface area contributed by atoms with Crippen LogP contribution in [0.5, 0.6) is 0 Å². The van der Waals surface area contributed by atoms with E-state index >= 15 is 0 Å². The number of amides is 2. The molecular weight excluding hydrogens is 268 g/mol. The highest BCUT2D eigenvalue weighted by atomic mass is 16.4. The van der Waals surface area contributed by atoms with Crippen LogP contribution in [-0.2, 0) is 4.79 Å². The maximum absolute atomic E-state index is 12.3. The molecule has 1 fully saturated rings. The summed E-state index contributed by atoms with van der Waals surface area (Å²) in [5.74, 6) is -0.410. The number of nitrogens with zero attached hydrogens (tertiary/aromatic N) is 1. The first-order valence-corrected chi connectivity index (χ1v) is 8.34. The Hall–Kier alpha value is -1.26. The summed E-state index contributed by atoms with van der Waals surface area (Å²) in [6.45, 7) is 5.76. The van der Waals surface area contributed by atoms with E-state index in [1.54, 1.807) is 0 Å². The van der Waals surface area contributed by atoms with Gasteiger partial charge in [-0.05, 0) is 31.6 Å². The number of likely N-dealkylation sites (tertiary alicyclic amines) is 1. The van der Waals surface area contributed by atoms with E-state index in [0.29, 0.717) is 18.9 Å². The SMILES string of the molecule is CCCCC(CCC)NC(=O)N1CCC(CCC(=O)O)C1. The van der Waals surface area contributed by atoms with Crippen LogP contribution in [0.3, 0.4) is 0 Å². The number of carboxylic acids is 1. The zero-order valence-corrected chi connectivity index (χ0v) is 13.4. The van der Waals surface area contributed by atoms with Gasteiger partial charge >= 0.3 is 12.0 Å². The second-order valence-corrected chi connectivity index (χ2v) is 6.11. The van der Waals surface area contributed by atoms with Crippen LogP contribution in [0.4, 0.5) is 4.79 Å². The number of carbonyl (C=O) groups is 2. The summed E-state index contributed by atoms with van der Waals surface area (Å²) in [6, 6.07) is 0.308. The van der Waals surface area contributed by atoms with Gasteiger partial charge in [0.2, 0.25) is 0 Å². The molecule has 0 aromatic rings. The van der Waals surface area contributed by atoms with Crippen molar-refractivity contribution >= 4 is 12.0 Å². The first kappa shape index (κ1) is 17.8. The van der Waals surface area contributed by atoms with Crippen LogP contribution in [0.2, 0.25) is 0 Å². The van der Waals surface area contributed by atoms with Gasteiger partial charge in [-0.15, -0.1) is 0 Å². The van der Waals surface area contributed by atoms with E-state index in [1.165, 1.54) is 0 Å². The van der Waals surface area contributed by atoms with Gasteiger partial charge in [0.05, 0.1) is 0 Å². The van der Waals surface area contributed by atoms with Gasteiger partial charge in [-0.3, -0.25) is 4.79 Å². The van der Waals surface area contributed by atoms with Crippen LogP contribution in [0.1, 0.15) is 65.2 Å². The third-order valence-corrected chi connectivity index (χ3v) is 4.21. The van der Waals surface area contributed by atoms with Crippen molar-refractivity contribution in [3.8, 4) is 0 Å². The van der Waals surface area contributed by atoms with Crippen LogP contribution in [0.25, 0.3) is 0 Å². The predicted octanol–water partition coefficient (Wildman–Crippen LogP) is 3.24. The molecule has 2 amide bonds. The summed E-state index contributed by atoms with van der Waals surface area (Å²) in [5, 5.41) is 11.9. The molecule has 1 heterocycles. The van der Waals surface area contributed by atoms with Gasteiger partial charge in [0.1, 0.15) is 0 Å². The lowest BCUT2D eigenvalue weighted by Gasteiger charge is -2.23. The monoisotopic (exact) mass is 298 g/mol. The van der Waals surface area contributed by atoms with Crippen molar-refractivity contribution in [1.82, 2.24) is 10.2 Å². The quantitative estimate of drug-likeness (QED) is 0.686. The standard InChI is InChI=1S/C16H30N2O3/c1-3-5-7-14(6-4-2)17-16(21)18-11-10-13(12-18)8-9-15(19)20/h13-14H,3-12H2,1-2H3,(H,17,21)(H,19,20). The third-order valence-electron chi connectivity index (χ3n) is 4.21. The van der Waals surface area contributed by atoms with E-state index < -0.39 is 5.97 Å². The molecule has 0 aliphatic carbocycles. The molecule has 2 atom stereocenters. The fourth-order valence-corrected chi connectivity index (χ4v) is 2.93. The maximum Gasteiger partial charge on any atom is 0.317 e. The minimum Gasteiger partial charge on any atom is -0.481 e. The number of hydrogen-bond acceptors (Lipinski definition) is 2. The number of carbonyl (C=O) groups excluding carboxylic acids is 1. The number of hydrogen-bond donors (Lipinski definition) is 2. The zero-order valence-electron chi connectivity index (χ0n) is 13.4. The summed E-state index contributed by atoms with van der Waals surface area (Å²) in [5.41, 5.74) is 0. The summed E-state index contributed by atoms with van der Waals surface area (Å²) in [6.07, 6.45) is 7.25. The molecule has 2 unspecified atom stereocenters. The fourth-order valence-electron chi connectivity index (χ4n) is 2.93. The Morgan fingerprint density at radius 1 is 1.29 bits per heavy atom. The molecular formula is C16H30N2O3.